The summed E-state index contributed by atoms with van der Waals surface area (Å²) in [5, 5.41) is 0. The van der Waals surface area contributed by atoms with Gasteiger partial charge in [-0.15, -0.1) is 11.6 Å². The van der Waals surface area contributed by atoms with Crippen LogP contribution >= 0.6 is 11.6 Å². The number of alkyl halides is 1. The number of hydrogen-bond acceptors (Lipinski definition) is 2. The average Bonchev–Trinajstić information content (AvgIpc) is 2.84. The molecule has 0 amide bonds. The molecule has 0 bridgehead atoms. The van der Waals surface area contributed by atoms with Crippen molar-refractivity contribution in [1.29, 1.82) is 0 Å². The highest BCUT2D eigenvalue weighted by Crippen LogP contribution is 2.41. The summed E-state index contributed by atoms with van der Waals surface area (Å²) >= 11 is 5.78. The van der Waals surface area contributed by atoms with Gasteiger partial charge in [-0.2, -0.15) is 0 Å². The Morgan fingerprint density at radius 1 is 1.54 bits per heavy atom. The second-order valence-corrected chi connectivity index (χ2v) is 4.19. The van der Waals surface area contributed by atoms with E-state index in [1.54, 1.807) is 0 Å². The van der Waals surface area contributed by atoms with E-state index >= 15 is 0 Å². The highest BCUT2D eigenvalue weighted by Gasteiger charge is 2.30. The van der Waals surface area contributed by atoms with Crippen molar-refractivity contribution in [2.24, 2.45) is 0 Å². The standard InChI is InChI=1S/C10H14ClNO/c1-6(2)9-8(5-11)13-10(12-9)7-3-4-7/h6-7H,3-5H2,1-2H3. The van der Waals surface area contributed by atoms with Crippen molar-refractivity contribution in [3.8, 4) is 0 Å². The van der Waals surface area contributed by atoms with E-state index in [-0.39, 0.29) is 0 Å². The zero-order chi connectivity index (χ0) is 9.42. The first-order chi connectivity index (χ1) is 6.22. The van der Waals surface area contributed by atoms with E-state index in [2.05, 4.69) is 18.8 Å². The van der Waals surface area contributed by atoms with Crippen LogP contribution < -0.4 is 0 Å². The minimum absolute atomic E-state index is 0.407. The molecule has 0 radical (unpaired) electrons. The number of nitrogens with zero attached hydrogens (tertiary/aromatic N) is 1. The van der Waals surface area contributed by atoms with Gasteiger partial charge >= 0.3 is 0 Å². The molecule has 0 atom stereocenters. The second kappa shape index (κ2) is 3.33. The van der Waals surface area contributed by atoms with E-state index in [1.807, 2.05) is 0 Å². The first-order valence-corrected chi connectivity index (χ1v) is 5.31. The lowest BCUT2D eigenvalue weighted by molar-refractivity contribution is 0.468. The highest BCUT2D eigenvalue weighted by atomic mass is 35.5. The maximum absolute atomic E-state index is 5.78. The Morgan fingerprint density at radius 3 is 2.62 bits per heavy atom. The second-order valence-electron chi connectivity index (χ2n) is 3.92. The fourth-order valence-electron chi connectivity index (χ4n) is 1.43. The fraction of sp³-hybridized carbons (Fsp3) is 0.700. The maximum Gasteiger partial charge on any atom is 0.197 e. The predicted octanol–water partition coefficient (Wildman–Crippen LogP) is 3.41. The summed E-state index contributed by atoms with van der Waals surface area (Å²) in [6, 6.07) is 0. The molecule has 0 aliphatic heterocycles. The van der Waals surface area contributed by atoms with Crippen molar-refractivity contribution in [2.45, 2.75) is 44.4 Å². The van der Waals surface area contributed by atoms with E-state index in [0.717, 1.165) is 17.3 Å². The number of oxazole rings is 1. The minimum Gasteiger partial charge on any atom is -0.444 e. The zero-order valence-electron chi connectivity index (χ0n) is 8.01. The smallest absolute Gasteiger partial charge is 0.197 e. The largest absolute Gasteiger partial charge is 0.444 e. The first kappa shape index (κ1) is 9.07. The highest BCUT2D eigenvalue weighted by molar-refractivity contribution is 6.16. The molecular formula is C10H14ClNO. The van der Waals surface area contributed by atoms with E-state index in [4.69, 9.17) is 16.0 Å². The van der Waals surface area contributed by atoms with E-state index in [9.17, 15) is 0 Å². The molecule has 72 valence electrons. The molecule has 1 aliphatic rings. The summed E-state index contributed by atoms with van der Waals surface area (Å²) in [5.41, 5.74) is 1.04. The summed E-state index contributed by atoms with van der Waals surface area (Å²) < 4.78 is 5.61. The molecule has 1 aromatic rings. The van der Waals surface area contributed by atoms with Crippen LogP contribution in [0.25, 0.3) is 0 Å². The monoisotopic (exact) mass is 199 g/mol. The van der Waals surface area contributed by atoms with Crippen LogP contribution in [-0.4, -0.2) is 4.98 Å². The van der Waals surface area contributed by atoms with Gasteiger partial charge in [0.05, 0.1) is 11.6 Å². The summed E-state index contributed by atoms with van der Waals surface area (Å²) in [7, 11) is 0. The molecule has 0 saturated heterocycles. The van der Waals surface area contributed by atoms with Gasteiger partial charge in [0.1, 0.15) is 5.76 Å². The van der Waals surface area contributed by atoms with Crippen molar-refractivity contribution < 1.29 is 4.42 Å². The van der Waals surface area contributed by atoms with E-state index in [1.165, 1.54) is 12.8 Å². The summed E-state index contributed by atoms with van der Waals surface area (Å²) in [6.45, 7) is 4.23. The van der Waals surface area contributed by atoms with Crippen LogP contribution in [0, 0.1) is 0 Å². The van der Waals surface area contributed by atoms with Gasteiger partial charge < -0.3 is 4.42 Å². The molecule has 1 heterocycles. The van der Waals surface area contributed by atoms with Crippen LogP contribution in [0.4, 0.5) is 0 Å². The Labute approximate surface area is 83.3 Å². The lowest BCUT2D eigenvalue weighted by Gasteiger charge is -1.99. The van der Waals surface area contributed by atoms with Crippen LogP contribution in [0.5, 0.6) is 0 Å². The summed E-state index contributed by atoms with van der Waals surface area (Å²) in [4.78, 5) is 4.49. The third-order valence-corrected chi connectivity index (χ3v) is 2.58. The van der Waals surface area contributed by atoms with Gasteiger partial charge in [-0.05, 0) is 18.8 Å². The third-order valence-electron chi connectivity index (χ3n) is 2.34. The molecule has 0 N–H and O–H groups in total. The lowest BCUT2D eigenvalue weighted by atomic mass is 10.1. The number of rotatable bonds is 3. The van der Waals surface area contributed by atoms with Crippen molar-refractivity contribution in [3.05, 3.63) is 17.3 Å². The molecule has 2 rings (SSSR count). The Hall–Kier alpha value is -0.500. The van der Waals surface area contributed by atoms with Gasteiger partial charge in [0.15, 0.2) is 5.89 Å². The molecule has 0 spiro atoms. The van der Waals surface area contributed by atoms with Crippen molar-refractivity contribution in [2.75, 3.05) is 0 Å². The molecule has 1 aromatic heterocycles. The third kappa shape index (κ3) is 1.73. The van der Waals surface area contributed by atoms with Gasteiger partial charge in [-0.3, -0.25) is 0 Å². The normalized spacial score (nSPS) is 16.9. The number of hydrogen-bond donors (Lipinski definition) is 0. The average molecular weight is 200 g/mol. The van der Waals surface area contributed by atoms with E-state index < -0.39 is 0 Å². The Bertz CT molecular complexity index is 302. The Morgan fingerprint density at radius 2 is 2.23 bits per heavy atom. The molecule has 13 heavy (non-hydrogen) atoms. The van der Waals surface area contributed by atoms with Gasteiger partial charge in [-0.25, -0.2) is 4.98 Å². The first-order valence-electron chi connectivity index (χ1n) is 4.77. The predicted molar refractivity (Wildman–Crippen MR) is 52.1 cm³/mol. The Kier molecular flexibility index (Phi) is 2.33. The topological polar surface area (TPSA) is 26.0 Å². The van der Waals surface area contributed by atoms with Crippen LogP contribution in [0.3, 0.4) is 0 Å². The fourth-order valence-corrected chi connectivity index (χ4v) is 1.63. The summed E-state index contributed by atoms with van der Waals surface area (Å²) in [6.07, 6.45) is 2.44. The molecule has 2 nitrogen and oxygen atoms in total. The van der Waals surface area contributed by atoms with Gasteiger partial charge in [0, 0.05) is 5.92 Å². The lowest BCUT2D eigenvalue weighted by Crippen LogP contribution is -1.91. The van der Waals surface area contributed by atoms with Crippen LogP contribution in [0.15, 0.2) is 4.42 Å². The zero-order valence-corrected chi connectivity index (χ0v) is 8.77. The molecule has 1 fully saturated rings. The van der Waals surface area contributed by atoms with Gasteiger partial charge in [0.25, 0.3) is 0 Å². The van der Waals surface area contributed by atoms with Crippen LogP contribution in [-0.2, 0) is 5.88 Å². The quantitative estimate of drug-likeness (QED) is 0.698. The van der Waals surface area contributed by atoms with E-state index in [0.29, 0.717) is 17.7 Å². The molecular weight excluding hydrogens is 186 g/mol. The molecule has 1 saturated carbocycles. The SMILES string of the molecule is CC(C)c1nc(C2CC2)oc1CCl. The summed E-state index contributed by atoms with van der Waals surface area (Å²) in [5.74, 6) is 3.19. The number of halogens is 1. The maximum atomic E-state index is 5.78. The van der Waals surface area contributed by atoms with Crippen molar-refractivity contribution in [3.63, 3.8) is 0 Å². The van der Waals surface area contributed by atoms with Crippen molar-refractivity contribution >= 4 is 11.6 Å². The Balaban J connectivity index is 2.30. The number of aromatic nitrogens is 1. The van der Waals surface area contributed by atoms with Gasteiger partial charge in [-0.1, -0.05) is 13.8 Å². The molecule has 1 aliphatic carbocycles. The van der Waals surface area contributed by atoms with Crippen molar-refractivity contribution in [1.82, 2.24) is 4.98 Å². The molecule has 0 unspecified atom stereocenters. The van der Waals surface area contributed by atoms with Gasteiger partial charge in [0.2, 0.25) is 0 Å². The molecule has 0 aromatic carbocycles. The van der Waals surface area contributed by atoms with Crippen LogP contribution in [0.2, 0.25) is 0 Å². The molecule has 3 heteroatoms. The van der Waals surface area contributed by atoms with Crippen LogP contribution in [0.1, 0.15) is 55.9 Å². The minimum atomic E-state index is 0.407.